The van der Waals surface area contributed by atoms with Gasteiger partial charge in [-0.1, -0.05) is 17.0 Å². The third-order valence-corrected chi connectivity index (χ3v) is 1.53. The minimum atomic E-state index is -0.571. The van der Waals surface area contributed by atoms with Crippen molar-refractivity contribution >= 4 is 0 Å². The van der Waals surface area contributed by atoms with E-state index in [1.54, 1.807) is 6.07 Å². The summed E-state index contributed by atoms with van der Waals surface area (Å²) < 4.78 is 12.9. The molecule has 0 spiro atoms. The van der Waals surface area contributed by atoms with Gasteiger partial charge >= 0.3 is 0 Å². The lowest BCUT2D eigenvalue weighted by atomic mass is 10.1. The molecule has 72 valence electrons. The third-order valence-electron chi connectivity index (χ3n) is 1.53. The van der Waals surface area contributed by atoms with E-state index in [-0.39, 0.29) is 12.1 Å². The average molecular weight is 200 g/mol. The Kier molecular flexibility index (Phi) is 3.73. The number of azide groups is 1. The SMILES string of the molecule is N#Cc1cc(C#CCN=[N+]=[N-])ccc1F. The summed E-state index contributed by atoms with van der Waals surface area (Å²) in [4.78, 5) is 2.52. The predicted molar refractivity (Wildman–Crippen MR) is 52.0 cm³/mol. The van der Waals surface area contributed by atoms with Gasteiger partial charge in [-0.25, -0.2) is 4.39 Å². The molecular formula is C10H5FN4. The highest BCUT2D eigenvalue weighted by molar-refractivity contribution is 5.42. The van der Waals surface area contributed by atoms with Gasteiger partial charge in [-0.3, -0.25) is 0 Å². The van der Waals surface area contributed by atoms with Crippen LogP contribution in [0.4, 0.5) is 4.39 Å². The maximum absolute atomic E-state index is 12.9. The fourth-order valence-electron chi connectivity index (χ4n) is 0.897. The lowest BCUT2D eigenvalue weighted by molar-refractivity contribution is 0.624. The van der Waals surface area contributed by atoms with Gasteiger partial charge in [0, 0.05) is 10.5 Å². The van der Waals surface area contributed by atoms with E-state index in [1.807, 2.05) is 0 Å². The van der Waals surface area contributed by atoms with E-state index < -0.39 is 5.82 Å². The molecule has 0 saturated carbocycles. The molecule has 0 amide bonds. The zero-order chi connectivity index (χ0) is 11.1. The Morgan fingerprint density at radius 3 is 3.00 bits per heavy atom. The normalized spacial score (nSPS) is 8.00. The highest BCUT2D eigenvalue weighted by Gasteiger charge is 1.99. The Morgan fingerprint density at radius 1 is 1.53 bits per heavy atom. The van der Waals surface area contributed by atoms with Crippen LogP contribution >= 0.6 is 0 Å². The minimum absolute atomic E-state index is 0.0504. The number of nitrogens with zero attached hydrogens (tertiary/aromatic N) is 4. The van der Waals surface area contributed by atoms with E-state index >= 15 is 0 Å². The van der Waals surface area contributed by atoms with Crippen molar-refractivity contribution < 1.29 is 4.39 Å². The molecule has 0 heterocycles. The average Bonchev–Trinajstić information content (AvgIpc) is 2.26. The van der Waals surface area contributed by atoms with E-state index in [9.17, 15) is 4.39 Å². The fourth-order valence-corrected chi connectivity index (χ4v) is 0.897. The number of rotatable bonds is 1. The molecule has 1 aromatic rings. The molecule has 0 bridgehead atoms. The molecule has 0 aliphatic heterocycles. The summed E-state index contributed by atoms with van der Waals surface area (Å²) in [6, 6.07) is 5.69. The molecule has 4 nitrogen and oxygen atoms in total. The molecule has 0 atom stereocenters. The second kappa shape index (κ2) is 5.29. The van der Waals surface area contributed by atoms with Gasteiger partial charge in [0.25, 0.3) is 0 Å². The summed E-state index contributed by atoms with van der Waals surface area (Å²) in [5.74, 6) is 4.65. The molecule has 5 heteroatoms. The van der Waals surface area contributed by atoms with Gasteiger partial charge in [0.2, 0.25) is 0 Å². The topological polar surface area (TPSA) is 72.5 Å². The predicted octanol–water partition coefficient (Wildman–Crippen LogP) is 2.36. The van der Waals surface area contributed by atoms with Gasteiger partial charge in [0.05, 0.1) is 12.1 Å². The van der Waals surface area contributed by atoms with Crippen molar-refractivity contribution in [1.82, 2.24) is 0 Å². The molecule has 0 aliphatic rings. The zero-order valence-corrected chi connectivity index (χ0v) is 7.61. The summed E-state index contributed by atoms with van der Waals surface area (Å²) in [5.41, 5.74) is 8.44. The van der Waals surface area contributed by atoms with Crippen LogP contribution in [0, 0.1) is 29.0 Å². The van der Waals surface area contributed by atoms with Crippen LogP contribution in [-0.2, 0) is 0 Å². The van der Waals surface area contributed by atoms with E-state index in [0.717, 1.165) is 0 Å². The highest BCUT2D eigenvalue weighted by atomic mass is 19.1. The summed E-state index contributed by atoms with van der Waals surface area (Å²) in [7, 11) is 0. The lowest BCUT2D eigenvalue weighted by Crippen LogP contribution is -1.85. The second-order valence-electron chi connectivity index (χ2n) is 2.50. The van der Waals surface area contributed by atoms with Gasteiger partial charge in [0.1, 0.15) is 11.9 Å². The van der Waals surface area contributed by atoms with Crippen molar-refractivity contribution in [2.45, 2.75) is 0 Å². The molecule has 1 aromatic carbocycles. The Labute approximate surface area is 85.6 Å². The molecular weight excluding hydrogens is 195 g/mol. The van der Waals surface area contributed by atoms with Crippen LogP contribution in [0.25, 0.3) is 10.4 Å². The van der Waals surface area contributed by atoms with Crippen LogP contribution in [0.2, 0.25) is 0 Å². The molecule has 15 heavy (non-hydrogen) atoms. The first-order chi connectivity index (χ1) is 7.27. The van der Waals surface area contributed by atoms with Crippen molar-refractivity contribution in [1.29, 1.82) is 5.26 Å². The van der Waals surface area contributed by atoms with Crippen molar-refractivity contribution in [2.75, 3.05) is 6.54 Å². The van der Waals surface area contributed by atoms with E-state index in [0.29, 0.717) is 5.56 Å². The largest absolute Gasteiger partial charge is 0.206 e. The highest BCUT2D eigenvalue weighted by Crippen LogP contribution is 2.08. The Morgan fingerprint density at radius 2 is 2.33 bits per heavy atom. The number of halogens is 1. The molecule has 0 aromatic heterocycles. The molecule has 0 radical (unpaired) electrons. The molecule has 0 saturated heterocycles. The Balaban J connectivity index is 2.91. The first-order valence-corrected chi connectivity index (χ1v) is 3.97. The lowest BCUT2D eigenvalue weighted by Gasteiger charge is -1.93. The first kappa shape index (κ1) is 10.6. The number of nitriles is 1. The van der Waals surface area contributed by atoms with Gasteiger partial charge in [-0.05, 0) is 23.7 Å². The van der Waals surface area contributed by atoms with E-state index in [1.165, 1.54) is 18.2 Å². The van der Waals surface area contributed by atoms with Crippen LogP contribution in [-0.4, -0.2) is 6.54 Å². The number of hydrogen-bond donors (Lipinski definition) is 0. The summed E-state index contributed by atoms with van der Waals surface area (Å²) in [6.07, 6.45) is 0. The summed E-state index contributed by atoms with van der Waals surface area (Å²) in [6.45, 7) is 0.0514. The number of hydrogen-bond acceptors (Lipinski definition) is 2. The van der Waals surface area contributed by atoms with Gasteiger partial charge < -0.3 is 0 Å². The first-order valence-electron chi connectivity index (χ1n) is 3.97. The smallest absolute Gasteiger partial charge is 0.141 e. The molecule has 0 fully saturated rings. The Bertz CT molecular complexity index is 512. The molecule has 1 rings (SSSR count). The van der Waals surface area contributed by atoms with Crippen molar-refractivity contribution in [3.63, 3.8) is 0 Å². The molecule has 0 N–H and O–H groups in total. The molecule has 0 aliphatic carbocycles. The van der Waals surface area contributed by atoms with Crippen LogP contribution in [0.15, 0.2) is 23.3 Å². The van der Waals surface area contributed by atoms with Crippen LogP contribution in [0.5, 0.6) is 0 Å². The Hall–Kier alpha value is -2.49. The van der Waals surface area contributed by atoms with E-state index in [2.05, 4.69) is 21.9 Å². The fraction of sp³-hybridized carbons (Fsp3) is 0.100. The van der Waals surface area contributed by atoms with Crippen molar-refractivity contribution in [3.05, 3.63) is 45.6 Å². The maximum Gasteiger partial charge on any atom is 0.141 e. The quantitative estimate of drug-likeness (QED) is 0.297. The zero-order valence-electron chi connectivity index (χ0n) is 7.61. The standard InChI is InChI=1S/C10H5FN4/c11-10-4-3-8(6-9(10)7-12)2-1-5-14-15-13/h3-4,6H,5H2. The van der Waals surface area contributed by atoms with E-state index in [4.69, 9.17) is 10.8 Å². The van der Waals surface area contributed by atoms with Crippen molar-refractivity contribution in [3.8, 4) is 17.9 Å². The maximum atomic E-state index is 12.9. The third kappa shape index (κ3) is 3.04. The molecule has 0 unspecified atom stereocenters. The minimum Gasteiger partial charge on any atom is -0.206 e. The van der Waals surface area contributed by atoms with Gasteiger partial charge in [0.15, 0.2) is 0 Å². The van der Waals surface area contributed by atoms with Crippen LogP contribution < -0.4 is 0 Å². The van der Waals surface area contributed by atoms with Crippen LogP contribution in [0.1, 0.15) is 11.1 Å². The second-order valence-corrected chi connectivity index (χ2v) is 2.50. The summed E-state index contributed by atoms with van der Waals surface area (Å²) >= 11 is 0. The van der Waals surface area contributed by atoms with Gasteiger partial charge in [-0.2, -0.15) is 5.26 Å². The van der Waals surface area contributed by atoms with Gasteiger partial charge in [-0.15, -0.1) is 0 Å². The monoisotopic (exact) mass is 200 g/mol. The number of benzene rings is 1. The van der Waals surface area contributed by atoms with Crippen LogP contribution in [0.3, 0.4) is 0 Å². The summed E-state index contributed by atoms with van der Waals surface area (Å²) in [5, 5.41) is 11.8. The van der Waals surface area contributed by atoms with Crippen molar-refractivity contribution in [2.24, 2.45) is 5.11 Å².